The molecule has 0 bridgehead atoms. The Morgan fingerprint density at radius 3 is 1.25 bits per heavy atom. The summed E-state index contributed by atoms with van der Waals surface area (Å²) in [6, 6.07) is 0. The molecule has 0 spiro atoms. The summed E-state index contributed by atoms with van der Waals surface area (Å²) in [6.07, 6.45) is 4.22. The van der Waals surface area contributed by atoms with Crippen molar-refractivity contribution < 1.29 is 9.96 Å². The van der Waals surface area contributed by atoms with Gasteiger partial charge in [-0.2, -0.15) is 0 Å². The largest absolute Gasteiger partial charge is 0.870 e. The Bertz CT molecular complexity index is 67.5. The Hall–Kier alpha value is -0.120. The summed E-state index contributed by atoms with van der Waals surface area (Å²) in [5.74, 6) is 0. The second kappa shape index (κ2) is 7.53. The summed E-state index contributed by atoms with van der Waals surface area (Å²) in [5, 5.41) is 3.28. The fraction of sp³-hybridized carbons (Fsp3) is 1.00. The Morgan fingerprint density at radius 1 is 0.833 bits per heavy atom. The zero-order valence-corrected chi connectivity index (χ0v) is 8.93. The van der Waals surface area contributed by atoms with Crippen molar-refractivity contribution in [2.24, 2.45) is 0 Å². The highest BCUT2D eigenvalue weighted by Gasteiger charge is 1.93. The van der Waals surface area contributed by atoms with Crippen LogP contribution < -0.4 is 5.32 Å². The van der Waals surface area contributed by atoms with E-state index in [-0.39, 0.29) is 5.48 Å². The summed E-state index contributed by atoms with van der Waals surface area (Å²) < 4.78 is 1.00. The quantitative estimate of drug-likeness (QED) is 0.557. The molecule has 1 aliphatic heterocycles. The van der Waals surface area contributed by atoms with Crippen LogP contribution in [-0.4, -0.2) is 51.2 Å². The molecule has 1 heterocycles. The third-order valence-corrected chi connectivity index (χ3v) is 1.21. The maximum Gasteiger partial charge on any atom is 0.0675 e. The predicted octanol–water partition coefficient (Wildman–Crippen LogP) is 0.905. The third-order valence-electron chi connectivity index (χ3n) is 1.21. The summed E-state index contributed by atoms with van der Waals surface area (Å²) >= 11 is 0. The Morgan fingerprint density at radius 2 is 1.17 bits per heavy atom. The molecule has 0 aromatic rings. The Kier molecular flexibility index (Phi) is 9.03. The van der Waals surface area contributed by atoms with Crippen LogP contribution in [0.15, 0.2) is 0 Å². The normalized spacial score (nSPS) is 17.0. The molecule has 12 heavy (non-hydrogen) atoms. The second-order valence-electron chi connectivity index (χ2n) is 4.49. The van der Waals surface area contributed by atoms with Gasteiger partial charge in [-0.25, -0.2) is 0 Å². The molecule has 0 radical (unpaired) electrons. The lowest BCUT2D eigenvalue weighted by molar-refractivity contribution is -0.849. The van der Waals surface area contributed by atoms with Crippen molar-refractivity contribution in [1.82, 2.24) is 5.32 Å². The standard InChI is InChI=1S/C5H11N.C4H12N.H2O/c1-2-4-6-5-3-1;1-5(2,3)4;/h6H,1-5H2;1-4H3;1H2/q;+1;/p-1. The van der Waals surface area contributed by atoms with E-state index < -0.39 is 0 Å². The molecule has 0 aromatic carbocycles. The number of piperidine rings is 1. The van der Waals surface area contributed by atoms with Crippen LogP contribution in [-0.2, 0) is 0 Å². The first-order valence-electron chi connectivity index (χ1n) is 4.50. The van der Waals surface area contributed by atoms with Crippen molar-refractivity contribution in [3.63, 3.8) is 0 Å². The van der Waals surface area contributed by atoms with Gasteiger partial charge in [0.25, 0.3) is 0 Å². The molecule has 2 N–H and O–H groups in total. The molecule has 0 saturated carbocycles. The van der Waals surface area contributed by atoms with Crippen LogP contribution in [0.25, 0.3) is 0 Å². The smallest absolute Gasteiger partial charge is 0.0675 e. The SMILES string of the molecule is C1CCNCC1.C[N+](C)(C)C.[OH-]. The number of hydrogen-bond acceptors (Lipinski definition) is 2. The molecule has 1 fully saturated rings. The van der Waals surface area contributed by atoms with Crippen molar-refractivity contribution in [3.05, 3.63) is 0 Å². The molecule has 1 rings (SSSR count). The van der Waals surface area contributed by atoms with Gasteiger partial charge in [-0.3, -0.25) is 0 Å². The Labute approximate surface area is 76.7 Å². The molecule has 0 atom stereocenters. The van der Waals surface area contributed by atoms with E-state index in [1.807, 2.05) is 0 Å². The van der Waals surface area contributed by atoms with Gasteiger partial charge in [0.15, 0.2) is 0 Å². The minimum Gasteiger partial charge on any atom is -0.870 e. The number of rotatable bonds is 0. The summed E-state index contributed by atoms with van der Waals surface area (Å²) in [7, 11) is 8.50. The van der Waals surface area contributed by atoms with E-state index in [2.05, 4.69) is 33.5 Å². The van der Waals surface area contributed by atoms with Crippen LogP contribution in [0, 0.1) is 0 Å². The van der Waals surface area contributed by atoms with Crippen LogP contribution in [0.2, 0.25) is 0 Å². The zero-order chi connectivity index (χ0) is 8.74. The van der Waals surface area contributed by atoms with Crippen molar-refractivity contribution in [3.8, 4) is 0 Å². The molecule has 0 unspecified atom stereocenters. The lowest BCUT2D eigenvalue weighted by Crippen LogP contribution is -2.27. The minimum atomic E-state index is 0. The summed E-state index contributed by atoms with van der Waals surface area (Å²) in [5.41, 5.74) is 0. The van der Waals surface area contributed by atoms with Crippen molar-refractivity contribution in [2.75, 3.05) is 41.3 Å². The third kappa shape index (κ3) is 22.5. The molecule has 76 valence electrons. The molecule has 1 saturated heterocycles. The van der Waals surface area contributed by atoms with Crippen LogP contribution in [0.3, 0.4) is 0 Å². The Balaban J connectivity index is 0. The van der Waals surface area contributed by atoms with Gasteiger partial charge < -0.3 is 15.3 Å². The first-order valence-corrected chi connectivity index (χ1v) is 4.50. The van der Waals surface area contributed by atoms with Crippen LogP contribution >= 0.6 is 0 Å². The number of hydrogen-bond donors (Lipinski definition) is 1. The average molecular weight is 176 g/mol. The van der Waals surface area contributed by atoms with E-state index in [1.54, 1.807) is 0 Å². The molecule has 3 heteroatoms. The van der Waals surface area contributed by atoms with Crippen LogP contribution in [0.5, 0.6) is 0 Å². The van der Waals surface area contributed by atoms with Crippen molar-refractivity contribution in [2.45, 2.75) is 19.3 Å². The maximum absolute atomic E-state index is 3.28. The maximum atomic E-state index is 3.28. The molecule has 0 amide bonds. The lowest BCUT2D eigenvalue weighted by Gasteiger charge is -2.14. The molecular weight excluding hydrogens is 152 g/mol. The van der Waals surface area contributed by atoms with Crippen LogP contribution in [0.4, 0.5) is 0 Å². The monoisotopic (exact) mass is 176 g/mol. The average Bonchev–Trinajstić information content (AvgIpc) is 1.88. The van der Waals surface area contributed by atoms with Crippen molar-refractivity contribution in [1.29, 1.82) is 0 Å². The highest BCUT2D eigenvalue weighted by Crippen LogP contribution is 1.96. The number of nitrogens with one attached hydrogen (secondary N) is 1. The van der Waals surface area contributed by atoms with E-state index >= 15 is 0 Å². The van der Waals surface area contributed by atoms with Crippen LogP contribution in [0.1, 0.15) is 19.3 Å². The summed E-state index contributed by atoms with van der Waals surface area (Å²) in [4.78, 5) is 0. The molecule has 0 aliphatic carbocycles. The van der Waals surface area contributed by atoms with E-state index in [9.17, 15) is 0 Å². The van der Waals surface area contributed by atoms with E-state index in [1.165, 1.54) is 32.4 Å². The highest BCUT2D eigenvalue weighted by molar-refractivity contribution is 4.55. The van der Waals surface area contributed by atoms with Gasteiger partial charge in [0.05, 0.1) is 28.2 Å². The first-order chi connectivity index (χ1) is 5.00. The van der Waals surface area contributed by atoms with E-state index in [4.69, 9.17) is 0 Å². The minimum absolute atomic E-state index is 0. The molecule has 1 aliphatic rings. The second-order valence-corrected chi connectivity index (χ2v) is 4.49. The first kappa shape index (κ1) is 14.4. The van der Waals surface area contributed by atoms with Gasteiger partial charge in [0.2, 0.25) is 0 Å². The molecular formula is C9H24N2O. The van der Waals surface area contributed by atoms with Gasteiger partial charge in [-0.05, 0) is 25.9 Å². The number of quaternary nitrogens is 1. The molecule has 3 nitrogen and oxygen atoms in total. The van der Waals surface area contributed by atoms with E-state index in [0.717, 1.165) is 4.48 Å². The van der Waals surface area contributed by atoms with Gasteiger partial charge in [0.1, 0.15) is 0 Å². The highest BCUT2D eigenvalue weighted by atomic mass is 16.0. The van der Waals surface area contributed by atoms with Gasteiger partial charge in [0, 0.05) is 0 Å². The fourth-order valence-electron chi connectivity index (χ4n) is 0.802. The lowest BCUT2D eigenvalue weighted by atomic mass is 10.2. The van der Waals surface area contributed by atoms with Gasteiger partial charge in [-0.1, -0.05) is 6.42 Å². The van der Waals surface area contributed by atoms with Gasteiger partial charge >= 0.3 is 0 Å². The van der Waals surface area contributed by atoms with Gasteiger partial charge in [-0.15, -0.1) is 0 Å². The number of nitrogens with zero attached hydrogens (tertiary/aromatic N) is 1. The predicted molar refractivity (Wildman–Crippen MR) is 52.6 cm³/mol. The topological polar surface area (TPSA) is 42.0 Å². The molecule has 0 aromatic heterocycles. The summed E-state index contributed by atoms with van der Waals surface area (Å²) in [6.45, 7) is 2.50. The fourth-order valence-corrected chi connectivity index (χ4v) is 0.802. The zero-order valence-electron chi connectivity index (χ0n) is 8.93. The van der Waals surface area contributed by atoms with Crippen molar-refractivity contribution >= 4 is 0 Å². The van der Waals surface area contributed by atoms with E-state index in [0.29, 0.717) is 0 Å².